The fourth-order valence-corrected chi connectivity index (χ4v) is 4.48. The lowest BCUT2D eigenvalue weighted by atomic mass is 9.67. The first-order chi connectivity index (χ1) is 9.53. The van der Waals surface area contributed by atoms with Crippen LogP contribution >= 0.6 is 0 Å². The van der Waals surface area contributed by atoms with Gasteiger partial charge in [-0.2, -0.15) is 0 Å². The summed E-state index contributed by atoms with van der Waals surface area (Å²) in [5.41, 5.74) is 0.470. The van der Waals surface area contributed by atoms with E-state index in [0.717, 1.165) is 18.4 Å². The zero-order valence-electron chi connectivity index (χ0n) is 14.3. The molecular formula is C18H36N2. The molecule has 0 aromatic heterocycles. The van der Waals surface area contributed by atoms with Gasteiger partial charge < -0.3 is 10.2 Å². The lowest BCUT2D eigenvalue weighted by Crippen LogP contribution is -2.52. The van der Waals surface area contributed by atoms with Crippen LogP contribution in [0.3, 0.4) is 0 Å². The Morgan fingerprint density at radius 2 is 1.90 bits per heavy atom. The quantitative estimate of drug-likeness (QED) is 0.840. The Kier molecular flexibility index (Phi) is 5.92. The van der Waals surface area contributed by atoms with Crippen LogP contribution in [0.1, 0.15) is 66.2 Å². The van der Waals surface area contributed by atoms with Gasteiger partial charge in [-0.15, -0.1) is 0 Å². The molecule has 3 atom stereocenters. The van der Waals surface area contributed by atoms with Crippen molar-refractivity contribution in [3.8, 4) is 0 Å². The largest absolute Gasteiger partial charge is 0.313 e. The molecule has 3 unspecified atom stereocenters. The summed E-state index contributed by atoms with van der Waals surface area (Å²) in [5.74, 6) is 1.79. The van der Waals surface area contributed by atoms with Crippen LogP contribution in [-0.4, -0.2) is 37.1 Å². The van der Waals surface area contributed by atoms with Crippen molar-refractivity contribution in [2.24, 2.45) is 17.3 Å². The molecule has 20 heavy (non-hydrogen) atoms. The molecular weight excluding hydrogens is 244 g/mol. The zero-order valence-corrected chi connectivity index (χ0v) is 14.3. The number of hydrogen-bond donors (Lipinski definition) is 1. The standard InChI is InChI=1S/C18H36N2/c1-5-19-17-16(9-6-11-18(17,3)4)14-20-12-7-8-15(2)10-13-20/h15-17,19H,5-14H2,1-4H3. The first-order valence-corrected chi connectivity index (χ1v) is 8.98. The second-order valence-electron chi connectivity index (χ2n) is 8.01. The van der Waals surface area contributed by atoms with Gasteiger partial charge in [0.2, 0.25) is 0 Å². The van der Waals surface area contributed by atoms with Crippen molar-refractivity contribution in [3.63, 3.8) is 0 Å². The van der Waals surface area contributed by atoms with Crippen molar-refractivity contribution in [1.82, 2.24) is 10.2 Å². The molecule has 2 fully saturated rings. The van der Waals surface area contributed by atoms with Gasteiger partial charge in [0.1, 0.15) is 0 Å². The summed E-state index contributed by atoms with van der Waals surface area (Å²) in [5, 5.41) is 3.81. The van der Waals surface area contributed by atoms with E-state index in [1.807, 2.05) is 0 Å². The fraction of sp³-hybridized carbons (Fsp3) is 1.00. The minimum absolute atomic E-state index is 0.470. The maximum Gasteiger partial charge on any atom is 0.0159 e. The second-order valence-corrected chi connectivity index (χ2v) is 8.01. The van der Waals surface area contributed by atoms with E-state index in [9.17, 15) is 0 Å². The van der Waals surface area contributed by atoms with Crippen molar-refractivity contribution >= 4 is 0 Å². The second kappa shape index (κ2) is 7.26. The van der Waals surface area contributed by atoms with Crippen molar-refractivity contribution in [2.45, 2.75) is 72.3 Å². The van der Waals surface area contributed by atoms with Crippen LogP contribution in [0.2, 0.25) is 0 Å². The number of nitrogens with zero attached hydrogens (tertiary/aromatic N) is 1. The molecule has 0 aromatic carbocycles. The molecule has 2 heteroatoms. The lowest BCUT2D eigenvalue weighted by Gasteiger charge is -2.46. The number of hydrogen-bond acceptors (Lipinski definition) is 2. The summed E-state index contributed by atoms with van der Waals surface area (Å²) in [6.45, 7) is 14.7. The van der Waals surface area contributed by atoms with Gasteiger partial charge in [-0.3, -0.25) is 0 Å². The monoisotopic (exact) mass is 280 g/mol. The van der Waals surface area contributed by atoms with Crippen LogP contribution in [0.5, 0.6) is 0 Å². The highest BCUT2D eigenvalue weighted by atomic mass is 15.1. The number of nitrogens with one attached hydrogen (secondary N) is 1. The highest BCUT2D eigenvalue weighted by Crippen LogP contribution is 2.39. The fourth-order valence-electron chi connectivity index (χ4n) is 4.48. The number of rotatable bonds is 4. The van der Waals surface area contributed by atoms with Crippen LogP contribution in [0.4, 0.5) is 0 Å². The molecule has 0 spiro atoms. The first-order valence-electron chi connectivity index (χ1n) is 8.98. The van der Waals surface area contributed by atoms with Crippen molar-refractivity contribution in [3.05, 3.63) is 0 Å². The third-order valence-corrected chi connectivity index (χ3v) is 5.74. The SMILES string of the molecule is CCNC1C(CN2CCCC(C)CC2)CCCC1(C)C. The Morgan fingerprint density at radius 3 is 2.65 bits per heavy atom. The van der Waals surface area contributed by atoms with Crippen molar-refractivity contribution in [2.75, 3.05) is 26.2 Å². The minimum atomic E-state index is 0.470. The van der Waals surface area contributed by atoms with Crippen molar-refractivity contribution < 1.29 is 0 Å². The smallest absolute Gasteiger partial charge is 0.0159 e. The van der Waals surface area contributed by atoms with E-state index < -0.39 is 0 Å². The van der Waals surface area contributed by atoms with E-state index in [1.165, 1.54) is 58.2 Å². The third kappa shape index (κ3) is 4.21. The van der Waals surface area contributed by atoms with E-state index in [4.69, 9.17) is 0 Å². The van der Waals surface area contributed by atoms with E-state index in [0.29, 0.717) is 11.5 Å². The maximum atomic E-state index is 3.81. The molecule has 1 aliphatic carbocycles. The van der Waals surface area contributed by atoms with Crippen LogP contribution in [-0.2, 0) is 0 Å². The van der Waals surface area contributed by atoms with Gasteiger partial charge in [0, 0.05) is 12.6 Å². The van der Waals surface area contributed by atoms with Crippen molar-refractivity contribution in [1.29, 1.82) is 0 Å². The average Bonchev–Trinajstić information content (AvgIpc) is 2.58. The van der Waals surface area contributed by atoms with E-state index in [1.54, 1.807) is 0 Å². The summed E-state index contributed by atoms with van der Waals surface area (Å²) in [6.07, 6.45) is 8.48. The highest BCUT2D eigenvalue weighted by molar-refractivity contribution is 4.94. The topological polar surface area (TPSA) is 15.3 Å². The molecule has 1 saturated carbocycles. The Morgan fingerprint density at radius 1 is 1.10 bits per heavy atom. The van der Waals surface area contributed by atoms with Gasteiger partial charge in [-0.05, 0) is 69.0 Å². The zero-order chi connectivity index (χ0) is 14.6. The van der Waals surface area contributed by atoms with Gasteiger partial charge in [0.15, 0.2) is 0 Å². The van der Waals surface area contributed by atoms with Gasteiger partial charge in [0.05, 0.1) is 0 Å². The summed E-state index contributed by atoms with van der Waals surface area (Å²) >= 11 is 0. The Labute approximate surface area is 126 Å². The number of likely N-dealkylation sites (tertiary alicyclic amines) is 1. The summed E-state index contributed by atoms with van der Waals surface area (Å²) in [7, 11) is 0. The normalized spacial score (nSPS) is 35.7. The predicted octanol–water partition coefficient (Wildman–Crippen LogP) is 3.91. The van der Waals surface area contributed by atoms with Gasteiger partial charge >= 0.3 is 0 Å². The molecule has 2 nitrogen and oxygen atoms in total. The Bertz CT molecular complexity index is 287. The molecule has 0 radical (unpaired) electrons. The van der Waals surface area contributed by atoms with E-state index >= 15 is 0 Å². The Balaban J connectivity index is 1.95. The molecule has 0 aromatic rings. The third-order valence-electron chi connectivity index (χ3n) is 5.74. The van der Waals surface area contributed by atoms with Crippen LogP contribution in [0.15, 0.2) is 0 Å². The summed E-state index contributed by atoms with van der Waals surface area (Å²) < 4.78 is 0. The molecule has 118 valence electrons. The predicted molar refractivity (Wildman–Crippen MR) is 88.0 cm³/mol. The van der Waals surface area contributed by atoms with Gasteiger partial charge in [-0.25, -0.2) is 0 Å². The van der Waals surface area contributed by atoms with E-state index in [-0.39, 0.29) is 0 Å². The van der Waals surface area contributed by atoms with Crippen LogP contribution in [0.25, 0.3) is 0 Å². The van der Waals surface area contributed by atoms with Gasteiger partial charge in [0.25, 0.3) is 0 Å². The van der Waals surface area contributed by atoms with Crippen LogP contribution < -0.4 is 5.32 Å². The molecule has 1 N–H and O–H groups in total. The summed E-state index contributed by atoms with van der Waals surface area (Å²) in [6, 6.07) is 0.710. The molecule has 1 heterocycles. The van der Waals surface area contributed by atoms with Gasteiger partial charge in [-0.1, -0.05) is 34.1 Å². The van der Waals surface area contributed by atoms with E-state index in [2.05, 4.69) is 37.9 Å². The molecule has 0 bridgehead atoms. The Hall–Kier alpha value is -0.0800. The maximum absolute atomic E-state index is 3.81. The minimum Gasteiger partial charge on any atom is -0.313 e. The molecule has 2 rings (SSSR count). The molecule has 1 aliphatic heterocycles. The molecule has 1 saturated heterocycles. The summed E-state index contributed by atoms with van der Waals surface area (Å²) in [4.78, 5) is 2.76. The lowest BCUT2D eigenvalue weighted by molar-refractivity contribution is 0.0803. The first kappa shape index (κ1) is 16.3. The van der Waals surface area contributed by atoms with Crippen LogP contribution in [0, 0.1) is 17.3 Å². The molecule has 0 amide bonds. The molecule has 2 aliphatic rings. The highest BCUT2D eigenvalue weighted by Gasteiger charge is 2.38. The average molecular weight is 280 g/mol.